The molecule has 0 aliphatic carbocycles. The number of sulfonamides is 1. The summed E-state index contributed by atoms with van der Waals surface area (Å²) in [5.74, 6) is 2.19. The summed E-state index contributed by atoms with van der Waals surface area (Å²) < 4.78 is 39.6. The van der Waals surface area contributed by atoms with E-state index in [-0.39, 0.29) is 27.8 Å². The second-order valence-corrected chi connectivity index (χ2v) is 11.9. The quantitative estimate of drug-likeness (QED) is 0.273. The molecule has 3 aromatic rings. The topological polar surface area (TPSA) is 118 Å². The average molecular weight is 575 g/mol. The van der Waals surface area contributed by atoms with Crippen LogP contribution in [0.4, 0.5) is 23.1 Å². The second-order valence-electron chi connectivity index (χ2n) is 9.63. The highest BCUT2D eigenvalue weighted by atomic mass is 35.5. The number of hydrogen-bond donors (Lipinski definition) is 3. The van der Waals surface area contributed by atoms with Gasteiger partial charge >= 0.3 is 0 Å². The normalized spacial score (nSPS) is 15.9. The summed E-state index contributed by atoms with van der Waals surface area (Å²) in [6.07, 6.45) is 2.58. The van der Waals surface area contributed by atoms with Crippen molar-refractivity contribution in [2.75, 3.05) is 43.9 Å². The van der Waals surface area contributed by atoms with Crippen LogP contribution < -0.4 is 24.8 Å². The van der Waals surface area contributed by atoms with Crippen molar-refractivity contribution in [3.05, 3.63) is 53.7 Å². The van der Waals surface area contributed by atoms with Gasteiger partial charge in [-0.05, 0) is 50.2 Å². The number of halogens is 1. The summed E-state index contributed by atoms with van der Waals surface area (Å²) in [5.41, 5.74) is 0.991. The summed E-state index contributed by atoms with van der Waals surface area (Å²) in [4.78, 5) is 11.2. The molecule has 0 radical (unpaired) electrons. The van der Waals surface area contributed by atoms with Crippen LogP contribution in [0.2, 0.25) is 5.02 Å². The molecule has 12 heteroatoms. The largest absolute Gasteiger partial charge is 0.491 e. The van der Waals surface area contributed by atoms with Gasteiger partial charge in [-0.2, -0.15) is 4.98 Å². The van der Waals surface area contributed by atoms with Crippen molar-refractivity contribution >= 4 is 44.8 Å². The Hall–Kier alpha value is -3.12. The number of para-hydroxylation sites is 1. The van der Waals surface area contributed by atoms with Crippen LogP contribution in [0, 0.1) is 5.92 Å². The Morgan fingerprint density at radius 1 is 1.15 bits per heavy atom. The van der Waals surface area contributed by atoms with Crippen molar-refractivity contribution < 1.29 is 17.9 Å². The van der Waals surface area contributed by atoms with E-state index in [1.165, 1.54) is 19.3 Å². The van der Waals surface area contributed by atoms with Gasteiger partial charge in [0.2, 0.25) is 16.0 Å². The van der Waals surface area contributed by atoms with Gasteiger partial charge in [-0.25, -0.2) is 18.1 Å². The molecule has 0 saturated carbocycles. The molecular formula is C27H35ClN6O4S. The number of nitrogens with zero attached hydrogens (tertiary/aromatic N) is 3. The summed E-state index contributed by atoms with van der Waals surface area (Å²) in [7, 11) is -2.35. The number of rotatable bonds is 12. The van der Waals surface area contributed by atoms with E-state index in [0.717, 1.165) is 31.8 Å². The molecule has 1 aliphatic heterocycles. The van der Waals surface area contributed by atoms with Crippen molar-refractivity contribution in [2.24, 2.45) is 5.92 Å². The van der Waals surface area contributed by atoms with Crippen molar-refractivity contribution in [1.82, 2.24) is 19.6 Å². The molecule has 1 aliphatic rings. The van der Waals surface area contributed by atoms with Gasteiger partial charge in [-0.3, -0.25) is 4.90 Å². The molecule has 39 heavy (non-hydrogen) atoms. The fourth-order valence-corrected chi connectivity index (χ4v) is 5.13. The van der Waals surface area contributed by atoms with E-state index in [4.69, 9.17) is 21.1 Å². The van der Waals surface area contributed by atoms with Crippen LogP contribution in [0.15, 0.2) is 53.6 Å². The van der Waals surface area contributed by atoms with Crippen LogP contribution in [0.1, 0.15) is 27.2 Å². The summed E-state index contributed by atoms with van der Waals surface area (Å²) in [6, 6.07) is 12.1. The minimum absolute atomic E-state index is 0.0703. The Morgan fingerprint density at radius 2 is 1.95 bits per heavy atom. The lowest BCUT2D eigenvalue weighted by Gasteiger charge is -2.19. The zero-order valence-corrected chi connectivity index (χ0v) is 24.1. The first kappa shape index (κ1) is 28.9. The third-order valence-electron chi connectivity index (χ3n) is 6.19. The minimum atomic E-state index is -3.70. The Morgan fingerprint density at radius 3 is 2.67 bits per heavy atom. The Balaban J connectivity index is 1.57. The molecule has 3 N–H and O–H groups in total. The number of hydrogen-bond acceptors (Lipinski definition) is 9. The van der Waals surface area contributed by atoms with Gasteiger partial charge in [0, 0.05) is 19.2 Å². The number of likely N-dealkylation sites (tertiary alicyclic amines) is 1. The van der Waals surface area contributed by atoms with Gasteiger partial charge in [0.25, 0.3) is 0 Å². The van der Waals surface area contributed by atoms with Crippen LogP contribution in [-0.4, -0.2) is 62.7 Å². The van der Waals surface area contributed by atoms with Gasteiger partial charge in [-0.1, -0.05) is 44.5 Å². The maximum absolute atomic E-state index is 12.5. The molecule has 0 amide bonds. The monoisotopic (exact) mass is 574 g/mol. The Bertz CT molecular complexity index is 1390. The first-order chi connectivity index (χ1) is 18.7. The van der Waals surface area contributed by atoms with Crippen molar-refractivity contribution in [3.63, 3.8) is 0 Å². The molecular weight excluding hydrogens is 540 g/mol. The molecule has 0 spiro atoms. The third-order valence-corrected chi connectivity index (χ3v) is 7.94. The smallest absolute Gasteiger partial charge is 0.242 e. The fraction of sp³-hybridized carbons (Fsp3) is 0.407. The lowest BCUT2D eigenvalue weighted by atomic mass is 10.2. The van der Waals surface area contributed by atoms with Gasteiger partial charge in [0.1, 0.15) is 27.5 Å². The van der Waals surface area contributed by atoms with Gasteiger partial charge in [-0.15, -0.1) is 0 Å². The Kier molecular flexibility index (Phi) is 9.49. The molecule has 1 saturated heterocycles. The highest BCUT2D eigenvalue weighted by Crippen LogP contribution is 2.34. The summed E-state index contributed by atoms with van der Waals surface area (Å²) >= 11 is 6.36. The van der Waals surface area contributed by atoms with Gasteiger partial charge in [0.15, 0.2) is 5.82 Å². The van der Waals surface area contributed by atoms with E-state index in [1.807, 2.05) is 18.2 Å². The van der Waals surface area contributed by atoms with E-state index in [1.54, 1.807) is 18.2 Å². The molecule has 1 atom stereocenters. The van der Waals surface area contributed by atoms with E-state index < -0.39 is 10.0 Å². The zero-order chi connectivity index (χ0) is 28.0. The van der Waals surface area contributed by atoms with Crippen LogP contribution in [0.3, 0.4) is 0 Å². The fourth-order valence-electron chi connectivity index (χ4n) is 4.11. The number of benzene rings is 2. The maximum atomic E-state index is 12.5. The molecule has 2 aromatic carbocycles. The molecule has 210 valence electrons. The van der Waals surface area contributed by atoms with Crippen LogP contribution in [-0.2, 0) is 10.0 Å². The highest BCUT2D eigenvalue weighted by Gasteiger charge is 2.23. The standard InChI is InChI=1S/C27H35ClN6O4S/c1-5-34-13-12-20(16-34)38-19-10-11-22(24(14-19)37-17-18(2)3)32-27-30-15-21(28)26(33-27)31-23-8-6-7-9-25(23)39(35,36)29-4/h6-11,14-15,18,20,29H,5,12-13,16-17H2,1-4H3,(H2,30,31,32,33). The van der Waals surface area contributed by atoms with Crippen LogP contribution >= 0.6 is 11.6 Å². The SMILES string of the molecule is CCN1CCC(Oc2ccc(Nc3ncc(Cl)c(Nc4ccccc4S(=O)(=O)NC)n3)c(OCC(C)C)c2)C1. The van der Waals surface area contributed by atoms with E-state index >= 15 is 0 Å². The maximum Gasteiger partial charge on any atom is 0.242 e. The lowest BCUT2D eigenvalue weighted by molar-refractivity contribution is 0.201. The molecule has 1 unspecified atom stereocenters. The summed E-state index contributed by atoms with van der Waals surface area (Å²) in [6.45, 7) is 9.80. The number of likely N-dealkylation sites (N-methyl/N-ethyl adjacent to an activating group) is 1. The molecule has 2 heterocycles. The number of anilines is 4. The van der Waals surface area contributed by atoms with E-state index in [0.29, 0.717) is 29.6 Å². The predicted molar refractivity (Wildman–Crippen MR) is 154 cm³/mol. The van der Waals surface area contributed by atoms with E-state index in [9.17, 15) is 8.42 Å². The van der Waals surface area contributed by atoms with Crippen molar-refractivity contribution in [3.8, 4) is 11.5 Å². The van der Waals surface area contributed by atoms with E-state index in [2.05, 4.69) is 51.0 Å². The average Bonchev–Trinajstić information content (AvgIpc) is 3.38. The van der Waals surface area contributed by atoms with Crippen molar-refractivity contribution in [2.45, 2.75) is 38.2 Å². The first-order valence-corrected chi connectivity index (χ1v) is 14.8. The lowest BCUT2D eigenvalue weighted by Crippen LogP contribution is -2.24. The molecule has 1 fully saturated rings. The second kappa shape index (κ2) is 12.8. The summed E-state index contributed by atoms with van der Waals surface area (Å²) in [5, 5.41) is 6.46. The minimum Gasteiger partial charge on any atom is -0.491 e. The van der Waals surface area contributed by atoms with Crippen LogP contribution in [0.25, 0.3) is 0 Å². The molecule has 4 rings (SSSR count). The predicted octanol–water partition coefficient (Wildman–Crippen LogP) is 5.03. The molecule has 10 nitrogen and oxygen atoms in total. The van der Waals surface area contributed by atoms with Gasteiger partial charge in [0.05, 0.1) is 24.2 Å². The zero-order valence-electron chi connectivity index (χ0n) is 22.6. The van der Waals surface area contributed by atoms with Crippen molar-refractivity contribution in [1.29, 1.82) is 0 Å². The number of nitrogens with one attached hydrogen (secondary N) is 3. The van der Waals surface area contributed by atoms with Crippen LogP contribution in [0.5, 0.6) is 11.5 Å². The third kappa shape index (κ3) is 7.51. The molecule has 0 bridgehead atoms. The first-order valence-electron chi connectivity index (χ1n) is 12.9. The number of aromatic nitrogens is 2. The molecule has 1 aromatic heterocycles. The number of ether oxygens (including phenoxy) is 2. The Labute approximate surface area is 235 Å². The highest BCUT2D eigenvalue weighted by molar-refractivity contribution is 7.89. The van der Waals surface area contributed by atoms with Gasteiger partial charge < -0.3 is 20.1 Å².